The second-order valence-corrected chi connectivity index (χ2v) is 9.24. The minimum atomic E-state index is 0.0201. The lowest BCUT2D eigenvalue weighted by Gasteiger charge is -2.25. The molecule has 1 aromatic carbocycles. The fraction of sp³-hybridized carbons (Fsp3) is 0.565. The zero-order valence-electron chi connectivity index (χ0n) is 17.4. The maximum absolute atomic E-state index is 12.7. The average molecular weight is 394 g/mol. The molecule has 5 rings (SSSR count). The summed E-state index contributed by atoms with van der Waals surface area (Å²) in [5.41, 5.74) is 4.06. The quantitative estimate of drug-likeness (QED) is 0.802. The van der Waals surface area contributed by atoms with Crippen LogP contribution < -0.4 is 4.90 Å². The molecule has 154 valence electrons. The molecule has 29 heavy (non-hydrogen) atoms. The van der Waals surface area contributed by atoms with Gasteiger partial charge in [0.2, 0.25) is 0 Å². The predicted molar refractivity (Wildman–Crippen MR) is 114 cm³/mol. The summed E-state index contributed by atoms with van der Waals surface area (Å²) < 4.78 is 1.49. The van der Waals surface area contributed by atoms with Crippen molar-refractivity contribution in [3.05, 3.63) is 47.8 Å². The van der Waals surface area contributed by atoms with Crippen LogP contribution in [0, 0.1) is 12.3 Å². The molecule has 3 fully saturated rings. The first-order chi connectivity index (χ1) is 14.1. The van der Waals surface area contributed by atoms with Gasteiger partial charge in [-0.3, -0.25) is 4.90 Å². The van der Waals surface area contributed by atoms with E-state index in [2.05, 4.69) is 39.2 Å². The van der Waals surface area contributed by atoms with Crippen LogP contribution in [-0.4, -0.2) is 64.9 Å². The van der Waals surface area contributed by atoms with Gasteiger partial charge in [0.15, 0.2) is 0 Å². The van der Waals surface area contributed by atoms with Gasteiger partial charge in [0.1, 0.15) is 0 Å². The molecule has 6 heteroatoms. The van der Waals surface area contributed by atoms with E-state index >= 15 is 0 Å². The van der Waals surface area contributed by atoms with Gasteiger partial charge in [-0.15, -0.1) is 0 Å². The van der Waals surface area contributed by atoms with E-state index in [1.54, 1.807) is 6.20 Å². The summed E-state index contributed by atoms with van der Waals surface area (Å²) in [6.07, 6.45) is 8.47. The van der Waals surface area contributed by atoms with Gasteiger partial charge in [0.25, 0.3) is 0 Å². The van der Waals surface area contributed by atoms with E-state index in [1.807, 2.05) is 18.0 Å². The van der Waals surface area contributed by atoms with Crippen LogP contribution in [0.25, 0.3) is 0 Å². The van der Waals surface area contributed by atoms with Crippen LogP contribution in [0.3, 0.4) is 0 Å². The van der Waals surface area contributed by atoms with Crippen LogP contribution in [0.2, 0.25) is 0 Å². The first kappa shape index (κ1) is 18.7. The molecule has 0 radical (unpaired) electrons. The molecule has 3 saturated heterocycles. The van der Waals surface area contributed by atoms with E-state index in [1.165, 1.54) is 48.3 Å². The molecule has 6 nitrogen and oxygen atoms in total. The first-order valence-corrected chi connectivity index (χ1v) is 11.0. The predicted octanol–water partition coefficient (Wildman–Crippen LogP) is 3.36. The second kappa shape index (κ2) is 7.48. The van der Waals surface area contributed by atoms with Gasteiger partial charge < -0.3 is 9.80 Å². The monoisotopic (exact) mass is 393 g/mol. The second-order valence-electron chi connectivity index (χ2n) is 9.24. The van der Waals surface area contributed by atoms with Crippen molar-refractivity contribution in [3.8, 4) is 0 Å². The van der Waals surface area contributed by atoms with Gasteiger partial charge >= 0.3 is 6.03 Å². The molecule has 2 aromatic rings. The van der Waals surface area contributed by atoms with Crippen LogP contribution in [-0.2, 0) is 6.54 Å². The molecule has 1 atom stereocenters. The summed E-state index contributed by atoms with van der Waals surface area (Å²) in [6, 6.07) is 9.11. The third-order valence-corrected chi connectivity index (χ3v) is 6.92. The van der Waals surface area contributed by atoms with E-state index in [0.717, 1.165) is 44.7 Å². The highest BCUT2D eigenvalue weighted by Crippen LogP contribution is 2.40. The standard InChI is InChI=1S/C23H31N5O/c1-19-14-24-28(15-19)22(29)27-12-8-23(18-27)7-11-25(17-23)16-20-5-4-6-21(13-20)26-9-2-3-10-26/h4-6,13-15H,2-3,7-12,16-18H2,1H3. The van der Waals surface area contributed by atoms with E-state index in [-0.39, 0.29) is 11.4 Å². The Hall–Kier alpha value is -2.34. The molecule has 0 aliphatic carbocycles. The van der Waals surface area contributed by atoms with Crippen molar-refractivity contribution in [2.45, 2.75) is 39.2 Å². The lowest BCUT2D eigenvalue weighted by Crippen LogP contribution is -2.36. The third-order valence-electron chi connectivity index (χ3n) is 6.92. The Morgan fingerprint density at radius 2 is 1.93 bits per heavy atom. The molecule has 0 saturated carbocycles. The van der Waals surface area contributed by atoms with Gasteiger partial charge in [-0.1, -0.05) is 12.1 Å². The molecule has 0 bridgehead atoms. The van der Waals surface area contributed by atoms with Crippen molar-refractivity contribution in [1.82, 2.24) is 19.6 Å². The maximum atomic E-state index is 12.7. The summed E-state index contributed by atoms with van der Waals surface area (Å²) in [4.78, 5) is 19.8. The number of nitrogens with zero attached hydrogens (tertiary/aromatic N) is 5. The van der Waals surface area contributed by atoms with E-state index in [9.17, 15) is 4.79 Å². The number of hydrogen-bond acceptors (Lipinski definition) is 4. The van der Waals surface area contributed by atoms with Gasteiger partial charge in [0.05, 0.1) is 6.20 Å². The molecule has 1 aromatic heterocycles. The normalized spacial score (nSPS) is 24.9. The highest BCUT2D eigenvalue weighted by molar-refractivity contribution is 5.76. The van der Waals surface area contributed by atoms with Crippen LogP contribution in [0.4, 0.5) is 10.5 Å². The largest absolute Gasteiger partial charge is 0.372 e. The highest BCUT2D eigenvalue weighted by atomic mass is 16.2. The molecule has 3 aliphatic heterocycles. The summed E-state index contributed by atoms with van der Waals surface area (Å²) in [6.45, 7) is 9.27. The lowest BCUT2D eigenvalue weighted by atomic mass is 9.86. The van der Waals surface area contributed by atoms with Crippen molar-refractivity contribution in [3.63, 3.8) is 0 Å². The van der Waals surface area contributed by atoms with E-state index in [0.29, 0.717) is 0 Å². The Balaban J connectivity index is 1.20. The number of carbonyl (C=O) groups excluding carboxylic acids is 1. The van der Waals surface area contributed by atoms with Crippen molar-refractivity contribution >= 4 is 11.7 Å². The molecule has 3 aliphatic rings. The number of benzene rings is 1. The number of aryl methyl sites for hydroxylation is 1. The smallest absolute Gasteiger partial charge is 0.344 e. The Labute approximate surface area is 173 Å². The number of hydrogen-bond donors (Lipinski definition) is 0. The molecular weight excluding hydrogens is 362 g/mol. The van der Waals surface area contributed by atoms with Gasteiger partial charge in [0, 0.05) is 56.6 Å². The van der Waals surface area contributed by atoms with E-state index < -0.39 is 0 Å². The Morgan fingerprint density at radius 1 is 1.10 bits per heavy atom. The van der Waals surface area contributed by atoms with Crippen molar-refractivity contribution in [1.29, 1.82) is 0 Å². The fourth-order valence-corrected chi connectivity index (χ4v) is 5.34. The van der Waals surface area contributed by atoms with E-state index in [4.69, 9.17) is 0 Å². The average Bonchev–Trinajstić information content (AvgIpc) is 3.51. The number of amides is 1. The number of carbonyl (C=O) groups is 1. The zero-order chi connectivity index (χ0) is 19.8. The topological polar surface area (TPSA) is 44.6 Å². The molecule has 0 N–H and O–H groups in total. The minimum Gasteiger partial charge on any atom is -0.372 e. The summed E-state index contributed by atoms with van der Waals surface area (Å²) in [5.74, 6) is 0. The third kappa shape index (κ3) is 3.78. The van der Waals surface area contributed by atoms with Crippen molar-refractivity contribution in [2.24, 2.45) is 5.41 Å². The molecular formula is C23H31N5O. The van der Waals surface area contributed by atoms with Gasteiger partial charge in [-0.2, -0.15) is 9.78 Å². The first-order valence-electron chi connectivity index (χ1n) is 11.0. The number of aromatic nitrogens is 2. The summed E-state index contributed by atoms with van der Waals surface area (Å²) in [5, 5.41) is 4.20. The molecule has 1 amide bonds. The van der Waals surface area contributed by atoms with Crippen LogP contribution in [0.15, 0.2) is 36.7 Å². The Kier molecular flexibility index (Phi) is 4.82. The fourth-order valence-electron chi connectivity index (χ4n) is 5.34. The van der Waals surface area contributed by atoms with Crippen LogP contribution in [0.5, 0.6) is 0 Å². The highest BCUT2D eigenvalue weighted by Gasteiger charge is 2.44. The SMILES string of the molecule is Cc1cnn(C(=O)N2CCC3(CCN(Cc4cccc(N5CCCC5)c4)C3)C2)c1. The summed E-state index contributed by atoms with van der Waals surface area (Å²) in [7, 11) is 0. The molecule has 4 heterocycles. The molecule has 1 unspecified atom stereocenters. The molecule has 1 spiro atoms. The van der Waals surface area contributed by atoms with Gasteiger partial charge in [-0.05, 0) is 62.4 Å². The minimum absolute atomic E-state index is 0.0201. The lowest BCUT2D eigenvalue weighted by molar-refractivity contribution is 0.196. The van der Waals surface area contributed by atoms with Crippen LogP contribution in [0.1, 0.15) is 36.8 Å². The van der Waals surface area contributed by atoms with Crippen molar-refractivity contribution in [2.75, 3.05) is 44.2 Å². The summed E-state index contributed by atoms with van der Waals surface area (Å²) >= 11 is 0. The Bertz CT molecular complexity index is 887. The number of likely N-dealkylation sites (tertiary alicyclic amines) is 2. The zero-order valence-corrected chi connectivity index (χ0v) is 17.4. The van der Waals surface area contributed by atoms with Crippen LogP contribution >= 0.6 is 0 Å². The van der Waals surface area contributed by atoms with Crippen molar-refractivity contribution < 1.29 is 4.79 Å². The Morgan fingerprint density at radius 3 is 2.72 bits per heavy atom. The number of anilines is 1. The maximum Gasteiger partial charge on any atom is 0.344 e. The van der Waals surface area contributed by atoms with Gasteiger partial charge in [-0.25, -0.2) is 4.79 Å². The number of rotatable bonds is 3.